The molecule has 0 aliphatic rings. The summed E-state index contributed by atoms with van der Waals surface area (Å²) in [5.41, 5.74) is 10.6. The van der Waals surface area contributed by atoms with Gasteiger partial charge in [0, 0.05) is 28.0 Å². The molecule has 0 atom stereocenters. The van der Waals surface area contributed by atoms with Crippen LogP contribution in [0.15, 0.2) is 199 Å². The van der Waals surface area contributed by atoms with Crippen molar-refractivity contribution in [3.05, 3.63) is 194 Å². The Morgan fingerprint density at radius 3 is 1.77 bits per heavy atom. The van der Waals surface area contributed by atoms with E-state index in [1.54, 1.807) is 0 Å². The number of para-hydroxylation sites is 1. The normalized spacial score (nSPS) is 11.5. The lowest BCUT2D eigenvalue weighted by atomic mass is 9.92. The van der Waals surface area contributed by atoms with Gasteiger partial charge in [0.05, 0.1) is 0 Å². The fourth-order valence-electron chi connectivity index (χ4n) is 7.51. The van der Waals surface area contributed by atoms with Crippen LogP contribution in [-0.2, 0) is 0 Å². The highest BCUT2D eigenvalue weighted by molar-refractivity contribution is 6.22. The number of fused-ring (bicyclic) bond motifs is 6. The summed E-state index contributed by atoms with van der Waals surface area (Å²) in [6.07, 6.45) is 0. The van der Waals surface area contributed by atoms with Crippen LogP contribution in [-0.4, -0.2) is 4.98 Å². The lowest BCUT2D eigenvalue weighted by Gasteiger charge is -2.26. The Morgan fingerprint density at radius 2 is 1.00 bits per heavy atom. The highest BCUT2D eigenvalue weighted by atomic mass is 16.3. The minimum Gasteiger partial charge on any atom is -0.435 e. The zero-order valence-electron chi connectivity index (χ0n) is 28.3. The van der Waals surface area contributed by atoms with Gasteiger partial charge in [0.15, 0.2) is 5.58 Å². The van der Waals surface area contributed by atoms with Crippen LogP contribution in [0.4, 0.5) is 17.1 Å². The van der Waals surface area contributed by atoms with Crippen molar-refractivity contribution in [1.82, 2.24) is 4.98 Å². The molecule has 52 heavy (non-hydrogen) atoms. The van der Waals surface area contributed by atoms with Crippen LogP contribution in [0.3, 0.4) is 0 Å². The third-order valence-electron chi connectivity index (χ3n) is 10.0. The highest BCUT2D eigenvalue weighted by Crippen LogP contribution is 2.43. The van der Waals surface area contributed by atoms with Crippen molar-refractivity contribution in [3.8, 4) is 33.7 Å². The molecule has 1 aromatic heterocycles. The van der Waals surface area contributed by atoms with Gasteiger partial charge in [-0.05, 0) is 116 Å². The zero-order valence-corrected chi connectivity index (χ0v) is 28.3. The second kappa shape index (κ2) is 12.4. The Hall–Kier alpha value is -6.97. The maximum absolute atomic E-state index is 6.59. The topological polar surface area (TPSA) is 29.3 Å². The molecule has 0 amide bonds. The predicted molar refractivity (Wildman–Crippen MR) is 218 cm³/mol. The fourth-order valence-corrected chi connectivity index (χ4v) is 7.51. The first kappa shape index (κ1) is 29.9. The largest absolute Gasteiger partial charge is 0.435 e. The van der Waals surface area contributed by atoms with E-state index in [0.29, 0.717) is 5.89 Å². The molecule has 0 aliphatic heterocycles. The summed E-state index contributed by atoms with van der Waals surface area (Å²) in [7, 11) is 0. The standard InChI is InChI=1S/C49H32N2O/c1-4-13-35(14-5-1)44-31-39-24-29-46-48(52-49(50-46)36-15-6-2-7-16-36)47(39)43-28-27-42(32-45(43)44)51(40-18-8-3-9-19-40)41-25-22-34(23-26-41)38-21-20-33-12-10-11-17-37(33)30-38/h1-32H. The summed E-state index contributed by atoms with van der Waals surface area (Å²) in [6, 6.07) is 68.8. The van der Waals surface area contributed by atoms with Crippen LogP contribution in [0, 0.1) is 0 Å². The van der Waals surface area contributed by atoms with Crippen LogP contribution in [0.2, 0.25) is 0 Å². The average molecular weight is 665 g/mol. The Balaban J connectivity index is 1.16. The minimum absolute atomic E-state index is 0.627. The molecule has 244 valence electrons. The second-order valence-electron chi connectivity index (χ2n) is 13.2. The van der Waals surface area contributed by atoms with E-state index in [-0.39, 0.29) is 0 Å². The highest BCUT2D eigenvalue weighted by Gasteiger charge is 2.19. The fraction of sp³-hybridized carbons (Fsp3) is 0. The van der Waals surface area contributed by atoms with Crippen molar-refractivity contribution >= 4 is 60.5 Å². The quantitative estimate of drug-likeness (QED) is 0.166. The van der Waals surface area contributed by atoms with Gasteiger partial charge >= 0.3 is 0 Å². The average Bonchev–Trinajstić information content (AvgIpc) is 3.67. The van der Waals surface area contributed by atoms with Gasteiger partial charge < -0.3 is 9.32 Å². The maximum atomic E-state index is 6.59. The lowest BCUT2D eigenvalue weighted by molar-refractivity contribution is 0.623. The number of rotatable bonds is 6. The molecule has 0 bridgehead atoms. The Labute approximate surface area is 301 Å². The van der Waals surface area contributed by atoms with E-state index in [4.69, 9.17) is 9.40 Å². The van der Waals surface area contributed by atoms with Crippen molar-refractivity contribution in [2.45, 2.75) is 0 Å². The number of oxazole rings is 1. The molecule has 10 rings (SSSR count). The van der Waals surface area contributed by atoms with Crippen LogP contribution >= 0.6 is 0 Å². The molecule has 1 heterocycles. The van der Waals surface area contributed by atoms with E-state index in [1.165, 1.54) is 33.0 Å². The third kappa shape index (κ3) is 5.19. The monoisotopic (exact) mass is 664 g/mol. The van der Waals surface area contributed by atoms with Gasteiger partial charge in [-0.2, -0.15) is 0 Å². The van der Waals surface area contributed by atoms with Crippen LogP contribution in [0.25, 0.3) is 77.1 Å². The van der Waals surface area contributed by atoms with Gasteiger partial charge in [-0.3, -0.25) is 0 Å². The van der Waals surface area contributed by atoms with Crippen molar-refractivity contribution in [2.24, 2.45) is 0 Å². The molecule has 0 saturated carbocycles. The van der Waals surface area contributed by atoms with Gasteiger partial charge in [-0.15, -0.1) is 0 Å². The third-order valence-corrected chi connectivity index (χ3v) is 10.0. The van der Waals surface area contributed by atoms with Crippen LogP contribution in [0.5, 0.6) is 0 Å². The Morgan fingerprint density at radius 1 is 0.385 bits per heavy atom. The molecule has 0 saturated heterocycles. The Kier molecular flexibility index (Phi) is 7.14. The van der Waals surface area contributed by atoms with E-state index < -0.39 is 0 Å². The summed E-state index contributed by atoms with van der Waals surface area (Å²) < 4.78 is 6.59. The second-order valence-corrected chi connectivity index (χ2v) is 13.2. The number of hydrogen-bond acceptors (Lipinski definition) is 3. The summed E-state index contributed by atoms with van der Waals surface area (Å²) in [5, 5.41) is 6.95. The molecule has 0 fully saturated rings. The minimum atomic E-state index is 0.627. The zero-order chi connectivity index (χ0) is 34.4. The summed E-state index contributed by atoms with van der Waals surface area (Å²) in [6.45, 7) is 0. The number of aromatic nitrogens is 1. The van der Waals surface area contributed by atoms with Crippen LogP contribution < -0.4 is 4.90 Å². The molecule has 0 N–H and O–H groups in total. The molecular formula is C49H32N2O. The molecule has 3 heteroatoms. The molecule has 0 aliphatic carbocycles. The predicted octanol–water partition coefficient (Wildman–Crippen LogP) is 13.8. The number of benzene rings is 9. The van der Waals surface area contributed by atoms with Gasteiger partial charge in [-0.25, -0.2) is 4.98 Å². The summed E-state index contributed by atoms with van der Waals surface area (Å²) in [5.74, 6) is 0.627. The van der Waals surface area contributed by atoms with Crippen LogP contribution in [0.1, 0.15) is 0 Å². The van der Waals surface area contributed by atoms with E-state index >= 15 is 0 Å². The molecule has 0 radical (unpaired) electrons. The van der Waals surface area contributed by atoms with Gasteiger partial charge in [-0.1, -0.05) is 127 Å². The SMILES string of the molecule is c1ccc(-c2nc3ccc4cc(-c5ccccc5)c5cc(N(c6ccccc6)c6ccc(-c7ccc8ccccc8c7)cc6)ccc5c4c3o2)cc1. The lowest BCUT2D eigenvalue weighted by Crippen LogP contribution is -2.09. The molecule has 9 aromatic carbocycles. The van der Waals surface area contributed by atoms with Gasteiger partial charge in [0.25, 0.3) is 0 Å². The maximum Gasteiger partial charge on any atom is 0.227 e. The van der Waals surface area contributed by atoms with Crippen molar-refractivity contribution < 1.29 is 4.42 Å². The Bertz CT molecular complexity index is 2880. The van der Waals surface area contributed by atoms with E-state index in [2.05, 4.69) is 169 Å². The first-order chi connectivity index (χ1) is 25.8. The molecule has 10 aromatic rings. The van der Waals surface area contributed by atoms with E-state index in [9.17, 15) is 0 Å². The van der Waals surface area contributed by atoms with Gasteiger partial charge in [0.2, 0.25) is 5.89 Å². The number of anilines is 3. The van der Waals surface area contributed by atoms with Gasteiger partial charge in [0.1, 0.15) is 5.52 Å². The van der Waals surface area contributed by atoms with Crippen molar-refractivity contribution in [1.29, 1.82) is 0 Å². The van der Waals surface area contributed by atoms with E-state index in [0.717, 1.165) is 55.3 Å². The van der Waals surface area contributed by atoms with Crippen molar-refractivity contribution in [3.63, 3.8) is 0 Å². The molecule has 3 nitrogen and oxygen atoms in total. The summed E-state index contributed by atoms with van der Waals surface area (Å²) >= 11 is 0. The van der Waals surface area contributed by atoms with Crippen molar-refractivity contribution in [2.75, 3.05) is 4.90 Å². The first-order valence-electron chi connectivity index (χ1n) is 17.6. The number of hydrogen-bond donors (Lipinski definition) is 0. The smallest absolute Gasteiger partial charge is 0.227 e. The summed E-state index contributed by atoms with van der Waals surface area (Å²) in [4.78, 5) is 7.25. The molecular weight excluding hydrogens is 633 g/mol. The molecule has 0 spiro atoms. The number of nitrogens with zero attached hydrogens (tertiary/aromatic N) is 2. The van der Waals surface area contributed by atoms with E-state index in [1.807, 2.05) is 30.3 Å². The first-order valence-corrected chi connectivity index (χ1v) is 17.6. The molecule has 0 unspecified atom stereocenters.